The van der Waals surface area contributed by atoms with Gasteiger partial charge in [-0.3, -0.25) is 4.79 Å². The third-order valence-electron chi connectivity index (χ3n) is 2.13. The highest BCUT2D eigenvalue weighted by Gasteiger charge is 2.30. The molecule has 1 atom stereocenters. The van der Waals surface area contributed by atoms with Gasteiger partial charge in [0.1, 0.15) is 16.6 Å². The van der Waals surface area contributed by atoms with E-state index in [4.69, 9.17) is 5.73 Å². The average molecular weight is 219 g/mol. The maximum absolute atomic E-state index is 11.1. The summed E-state index contributed by atoms with van der Waals surface area (Å²) in [6.45, 7) is 0. The predicted molar refractivity (Wildman–Crippen MR) is 53.4 cm³/mol. The van der Waals surface area contributed by atoms with Crippen LogP contribution in [0.2, 0.25) is 0 Å². The molecule has 74 valence electrons. The van der Waals surface area contributed by atoms with Gasteiger partial charge in [0.2, 0.25) is 5.91 Å². The minimum absolute atomic E-state index is 0.402. The first-order valence-electron chi connectivity index (χ1n) is 4.20. The first-order valence-corrected chi connectivity index (χ1v) is 5.08. The number of primary amides is 1. The van der Waals surface area contributed by atoms with E-state index in [0.29, 0.717) is 16.5 Å². The predicted octanol–water partition coefficient (Wildman–Crippen LogP) is 0.874. The number of nitrogens with zero attached hydrogens (tertiary/aromatic N) is 4. The van der Waals surface area contributed by atoms with Gasteiger partial charge in [0.05, 0.1) is 11.3 Å². The Labute approximate surface area is 88.7 Å². The zero-order valence-electron chi connectivity index (χ0n) is 7.41. The van der Waals surface area contributed by atoms with Crippen molar-refractivity contribution in [2.24, 2.45) is 16.0 Å². The number of thioether (sulfide) groups is 1. The van der Waals surface area contributed by atoms with Crippen molar-refractivity contribution in [2.75, 3.05) is 0 Å². The molecule has 0 aromatic carbocycles. The van der Waals surface area contributed by atoms with Crippen molar-refractivity contribution in [3.63, 3.8) is 0 Å². The summed E-state index contributed by atoms with van der Waals surface area (Å²) in [5, 5.41) is 8.11. The second-order valence-electron chi connectivity index (χ2n) is 3.07. The number of azo groups is 1. The summed E-state index contributed by atoms with van der Waals surface area (Å²) in [7, 11) is 0. The van der Waals surface area contributed by atoms with Gasteiger partial charge in [0.25, 0.3) is 0 Å². The number of rotatable bonds is 1. The average Bonchev–Trinajstić information content (AvgIpc) is 2.64. The molecule has 6 nitrogen and oxygen atoms in total. The van der Waals surface area contributed by atoms with Crippen LogP contribution in [0.25, 0.3) is 5.70 Å². The van der Waals surface area contributed by atoms with Gasteiger partial charge < -0.3 is 5.73 Å². The van der Waals surface area contributed by atoms with Gasteiger partial charge in [-0.15, -0.1) is 10.2 Å². The molecule has 1 amide bonds. The molecule has 0 fully saturated rings. The van der Waals surface area contributed by atoms with Crippen LogP contribution in [0.15, 0.2) is 27.7 Å². The molecule has 15 heavy (non-hydrogen) atoms. The number of nitrogens with two attached hydrogens (primary N) is 1. The van der Waals surface area contributed by atoms with Gasteiger partial charge in [-0.25, -0.2) is 9.97 Å². The monoisotopic (exact) mass is 219 g/mol. The van der Waals surface area contributed by atoms with Crippen molar-refractivity contribution in [3.8, 4) is 0 Å². The van der Waals surface area contributed by atoms with Crippen molar-refractivity contribution in [3.05, 3.63) is 18.0 Å². The molecule has 2 N–H and O–H groups in total. The summed E-state index contributed by atoms with van der Waals surface area (Å²) >= 11 is 1.30. The minimum Gasteiger partial charge on any atom is -0.368 e. The highest BCUT2D eigenvalue weighted by molar-refractivity contribution is 8.00. The third-order valence-corrected chi connectivity index (χ3v) is 3.28. The van der Waals surface area contributed by atoms with E-state index in [-0.39, 0.29) is 0 Å². The van der Waals surface area contributed by atoms with Crippen LogP contribution in [0.1, 0.15) is 5.56 Å². The molecular formula is C8H5N5OS. The molecule has 1 unspecified atom stereocenters. The van der Waals surface area contributed by atoms with E-state index in [2.05, 4.69) is 20.2 Å². The van der Waals surface area contributed by atoms with Gasteiger partial charge in [0, 0.05) is 0 Å². The second kappa shape index (κ2) is 2.86. The lowest BCUT2D eigenvalue weighted by atomic mass is 10.2. The van der Waals surface area contributed by atoms with Crippen LogP contribution >= 0.6 is 11.8 Å². The number of aromatic nitrogens is 2. The molecule has 0 bridgehead atoms. The quantitative estimate of drug-likeness (QED) is 0.709. The lowest BCUT2D eigenvalue weighted by Gasteiger charge is -2.15. The summed E-state index contributed by atoms with van der Waals surface area (Å²) in [5.74, 6) is 0.155. The molecule has 1 aromatic heterocycles. The molecule has 0 radical (unpaired) electrons. The molecule has 0 saturated heterocycles. The Morgan fingerprint density at radius 2 is 2.27 bits per heavy atom. The van der Waals surface area contributed by atoms with Crippen molar-refractivity contribution < 1.29 is 4.79 Å². The van der Waals surface area contributed by atoms with Crippen molar-refractivity contribution in [1.29, 1.82) is 0 Å². The zero-order valence-corrected chi connectivity index (χ0v) is 8.23. The lowest BCUT2D eigenvalue weighted by molar-refractivity contribution is -0.116. The Balaban J connectivity index is 2.19. The van der Waals surface area contributed by atoms with Gasteiger partial charge >= 0.3 is 0 Å². The Kier molecular flexibility index (Phi) is 1.63. The standard InChI is InChI=1S/C8H5N5OS/c9-6(14)4-1-3-5-7(13-12-3)10-2-11-8(5)15-4/h1-2,4H,(H2,9,14). The van der Waals surface area contributed by atoms with Gasteiger partial charge in [0.15, 0.2) is 5.82 Å². The van der Waals surface area contributed by atoms with E-state index in [9.17, 15) is 4.79 Å². The number of amides is 1. The maximum atomic E-state index is 11.1. The fourth-order valence-electron chi connectivity index (χ4n) is 1.46. The molecule has 0 aliphatic carbocycles. The van der Waals surface area contributed by atoms with Crippen LogP contribution in [-0.2, 0) is 4.79 Å². The molecule has 3 heterocycles. The number of carbonyl (C=O) groups is 1. The summed E-state index contributed by atoms with van der Waals surface area (Å²) in [6, 6.07) is 0. The van der Waals surface area contributed by atoms with E-state index in [0.717, 1.165) is 5.56 Å². The molecule has 2 aliphatic rings. The van der Waals surface area contributed by atoms with E-state index < -0.39 is 11.2 Å². The Morgan fingerprint density at radius 1 is 1.40 bits per heavy atom. The van der Waals surface area contributed by atoms with Crippen LogP contribution < -0.4 is 5.73 Å². The smallest absolute Gasteiger partial charge is 0.234 e. The van der Waals surface area contributed by atoms with Crippen LogP contribution in [-0.4, -0.2) is 21.1 Å². The van der Waals surface area contributed by atoms with Crippen molar-refractivity contribution in [1.82, 2.24) is 9.97 Å². The highest BCUT2D eigenvalue weighted by atomic mass is 32.2. The lowest BCUT2D eigenvalue weighted by Crippen LogP contribution is -2.25. The Morgan fingerprint density at radius 3 is 3.07 bits per heavy atom. The highest BCUT2D eigenvalue weighted by Crippen LogP contribution is 2.44. The van der Waals surface area contributed by atoms with E-state index in [1.54, 1.807) is 6.08 Å². The minimum atomic E-state index is -0.424. The fourth-order valence-corrected chi connectivity index (χ4v) is 2.43. The summed E-state index contributed by atoms with van der Waals surface area (Å²) in [5.41, 5.74) is 6.69. The van der Waals surface area contributed by atoms with Gasteiger partial charge in [-0.1, -0.05) is 11.8 Å². The largest absolute Gasteiger partial charge is 0.368 e. The van der Waals surface area contributed by atoms with E-state index in [1.165, 1.54) is 18.1 Å². The first kappa shape index (κ1) is 8.54. The first-order chi connectivity index (χ1) is 7.25. The van der Waals surface area contributed by atoms with E-state index >= 15 is 0 Å². The molecule has 1 aromatic rings. The number of hydrogen-bond donors (Lipinski definition) is 1. The Bertz CT molecular complexity index is 524. The second-order valence-corrected chi connectivity index (χ2v) is 4.20. The number of hydrogen-bond acceptors (Lipinski definition) is 6. The normalized spacial score (nSPS) is 21.1. The fraction of sp³-hybridized carbons (Fsp3) is 0.125. The molecule has 2 aliphatic heterocycles. The summed E-state index contributed by atoms with van der Waals surface area (Å²) in [6.07, 6.45) is 3.10. The summed E-state index contributed by atoms with van der Waals surface area (Å²) in [4.78, 5) is 19.2. The van der Waals surface area contributed by atoms with E-state index in [1.807, 2.05) is 0 Å². The van der Waals surface area contributed by atoms with Crippen molar-refractivity contribution in [2.45, 2.75) is 10.3 Å². The molecular weight excluding hydrogens is 214 g/mol. The molecule has 3 rings (SSSR count). The molecule has 0 saturated carbocycles. The topological polar surface area (TPSA) is 93.6 Å². The Hall–Kier alpha value is -1.76. The summed E-state index contributed by atoms with van der Waals surface area (Å²) < 4.78 is 0. The maximum Gasteiger partial charge on any atom is 0.234 e. The molecule has 0 spiro atoms. The zero-order chi connectivity index (χ0) is 10.4. The van der Waals surface area contributed by atoms with Gasteiger partial charge in [-0.05, 0) is 6.08 Å². The van der Waals surface area contributed by atoms with Crippen LogP contribution in [0.4, 0.5) is 5.82 Å². The van der Waals surface area contributed by atoms with Crippen molar-refractivity contribution >= 4 is 29.2 Å². The number of carbonyl (C=O) groups excluding carboxylic acids is 1. The SMILES string of the molecule is NC(=O)C1C=C2N=Nc3ncnc(c32)S1. The molecule has 7 heteroatoms. The van der Waals surface area contributed by atoms with Crippen LogP contribution in [0, 0.1) is 0 Å². The van der Waals surface area contributed by atoms with Crippen LogP contribution in [0.5, 0.6) is 0 Å². The van der Waals surface area contributed by atoms with Crippen LogP contribution in [0.3, 0.4) is 0 Å². The van der Waals surface area contributed by atoms with Gasteiger partial charge in [-0.2, -0.15) is 0 Å². The third kappa shape index (κ3) is 1.16.